The van der Waals surface area contributed by atoms with Gasteiger partial charge in [-0.3, -0.25) is 4.79 Å². The number of aldehydes is 1. The van der Waals surface area contributed by atoms with Crippen molar-refractivity contribution in [1.82, 2.24) is 0 Å². The van der Waals surface area contributed by atoms with E-state index in [0.717, 1.165) is 32.5 Å². The van der Waals surface area contributed by atoms with Gasteiger partial charge in [0, 0.05) is 15.2 Å². The van der Waals surface area contributed by atoms with Gasteiger partial charge in [0.15, 0.2) is 17.8 Å². The van der Waals surface area contributed by atoms with Gasteiger partial charge in [0.1, 0.15) is 13.2 Å². The van der Waals surface area contributed by atoms with Crippen LogP contribution in [0.25, 0.3) is 0 Å². The quantitative estimate of drug-likeness (QED) is 0.805. The molecule has 3 nitrogen and oxygen atoms in total. The van der Waals surface area contributed by atoms with Gasteiger partial charge in [0.25, 0.3) is 0 Å². The summed E-state index contributed by atoms with van der Waals surface area (Å²) in [4.78, 5) is 13.5. The second kappa shape index (κ2) is 5.04. The van der Waals surface area contributed by atoms with Gasteiger partial charge >= 0.3 is 0 Å². The van der Waals surface area contributed by atoms with E-state index >= 15 is 0 Å². The molecule has 0 radical (unpaired) electrons. The van der Waals surface area contributed by atoms with Gasteiger partial charge in [-0.1, -0.05) is 11.8 Å². The Morgan fingerprint density at radius 1 is 1.11 bits per heavy atom. The molecular formula is C13H10O3S2. The van der Waals surface area contributed by atoms with Gasteiger partial charge in [0.2, 0.25) is 0 Å². The fraction of sp³-hybridized carbons (Fsp3) is 0.154. The molecular weight excluding hydrogens is 268 g/mol. The highest BCUT2D eigenvalue weighted by Crippen LogP contribution is 2.37. The van der Waals surface area contributed by atoms with E-state index in [0.29, 0.717) is 13.2 Å². The zero-order chi connectivity index (χ0) is 12.4. The summed E-state index contributed by atoms with van der Waals surface area (Å²) in [6, 6.07) is 7.77. The summed E-state index contributed by atoms with van der Waals surface area (Å²) >= 11 is 3.07. The Bertz CT molecular complexity index is 577. The molecule has 0 atom stereocenters. The molecule has 5 heteroatoms. The molecule has 1 aliphatic heterocycles. The van der Waals surface area contributed by atoms with Crippen LogP contribution in [0.2, 0.25) is 0 Å². The smallest absolute Gasteiger partial charge is 0.162 e. The number of rotatable bonds is 3. The van der Waals surface area contributed by atoms with Crippen molar-refractivity contribution in [2.75, 3.05) is 13.2 Å². The van der Waals surface area contributed by atoms with Crippen molar-refractivity contribution in [1.29, 1.82) is 0 Å². The van der Waals surface area contributed by atoms with Crippen LogP contribution >= 0.6 is 23.1 Å². The molecule has 18 heavy (non-hydrogen) atoms. The van der Waals surface area contributed by atoms with Crippen molar-refractivity contribution in [3.63, 3.8) is 0 Å². The first kappa shape index (κ1) is 11.6. The summed E-state index contributed by atoms with van der Waals surface area (Å²) in [6.45, 7) is 1.20. The van der Waals surface area contributed by atoms with Crippen molar-refractivity contribution in [2.24, 2.45) is 0 Å². The second-order valence-electron chi connectivity index (χ2n) is 3.71. The van der Waals surface area contributed by atoms with Crippen LogP contribution in [-0.4, -0.2) is 19.5 Å². The van der Waals surface area contributed by atoms with Crippen LogP contribution in [0.5, 0.6) is 11.5 Å². The van der Waals surface area contributed by atoms with E-state index in [4.69, 9.17) is 9.47 Å². The molecule has 0 saturated heterocycles. The molecule has 1 aromatic carbocycles. The van der Waals surface area contributed by atoms with E-state index in [1.54, 1.807) is 11.8 Å². The second-order valence-corrected chi connectivity index (χ2v) is 5.80. The third-order valence-corrected chi connectivity index (χ3v) is 4.43. The average molecular weight is 278 g/mol. The van der Waals surface area contributed by atoms with Gasteiger partial charge in [-0.05, 0) is 24.3 Å². The molecule has 3 rings (SSSR count). The predicted molar refractivity (Wildman–Crippen MR) is 71.3 cm³/mol. The Morgan fingerprint density at radius 3 is 2.72 bits per heavy atom. The molecule has 0 N–H and O–H groups in total. The number of fused-ring (bicyclic) bond motifs is 1. The van der Waals surface area contributed by atoms with Gasteiger partial charge in [-0.15, -0.1) is 11.3 Å². The standard InChI is InChI=1S/C13H10O3S2/c14-7-10-5-11(8-17-10)18-9-1-2-12-13(6-9)16-4-3-15-12/h1-2,5-8H,3-4H2. The monoisotopic (exact) mass is 278 g/mol. The minimum absolute atomic E-state index is 0.592. The average Bonchev–Trinajstić information content (AvgIpc) is 2.86. The number of hydrogen-bond donors (Lipinski definition) is 0. The topological polar surface area (TPSA) is 35.5 Å². The highest BCUT2D eigenvalue weighted by molar-refractivity contribution is 7.99. The van der Waals surface area contributed by atoms with Gasteiger partial charge in [-0.2, -0.15) is 0 Å². The Hall–Kier alpha value is -1.46. The first-order valence-electron chi connectivity index (χ1n) is 5.46. The molecule has 0 spiro atoms. The number of ether oxygens (including phenoxy) is 2. The molecule has 1 aromatic heterocycles. The number of benzene rings is 1. The third kappa shape index (κ3) is 2.37. The predicted octanol–water partition coefficient (Wildman–Crippen LogP) is 3.48. The number of carbonyl (C=O) groups excluding carboxylic acids is 1. The van der Waals surface area contributed by atoms with Gasteiger partial charge < -0.3 is 9.47 Å². The zero-order valence-electron chi connectivity index (χ0n) is 9.42. The molecule has 0 unspecified atom stereocenters. The Kier molecular flexibility index (Phi) is 3.25. The van der Waals surface area contributed by atoms with Crippen LogP contribution < -0.4 is 9.47 Å². The van der Waals surface area contributed by atoms with Gasteiger partial charge in [-0.25, -0.2) is 0 Å². The molecule has 0 aliphatic carbocycles. The van der Waals surface area contributed by atoms with Crippen molar-refractivity contribution < 1.29 is 14.3 Å². The maximum Gasteiger partial charge on any atom is 0.162 e. The third-order valence-electron chi connectivity index (χ3n) is 2.46. The SMILES string of the molecule is O=Cc1cc(Sc2ccc3c(c2)OCCO3)cs1. The minimum atomic E-state index is 0.592. The fourth-order valence-electron chi connectivity index (χ4n) is 1.67. The molecule has 0 bridgehead atoms. The van der Waals surface area contributed by atoms with Crippen molar-refractivity contribution >= 4 is 29.4 Å². The summed E-state index contributed by atoms with van der Waals surface area (Å²) in [5.74, 6) is 1.58. The van der Waals surface area contributed by atoms with E-state index in [2.05, 4.69) is 0 Å². The van der Waals surface area contributed by atoms with Gasteiger partial charge in [0.05, 0.1) is 4.88 Å². The molecule has 0 amide bonds. The van der Waals surface area contributed by atoms with E-state index in [1.165, 1.54) is 11.3 Å². The first-order valence-corrected chi connectivity index (χ1v) is 7.16. The lowest BCUT2D eigenvalue weighted by Gasteiger charge is -2.18. The zero-order valence-corrected chi connectivity index (χ0v) is 11.1. The summed E-state index contributed by atoms with van der Waals surface area (Å²) in [5, 5.41) is 1.98. The first-order chi connectivity index (χ1) is 8.85. The lowest BCUT2D eigenvalue weighted by atomic mass is 10.3. The Balaban J connectivity index is 1.82. The maximum absolute atomic E-state index is 10.6. The van der Waals surface area contributed by atoms with Crippen LogP contribution in [-0.2, 0) is 0 Å². The summed E-state index contributed by atoms with van der Waals surface area (Å²) in [7, 11) is 0. The Labute approximate surface area is 113 Å². The molecule has 1 aliphatic rings. The maximum atomic E-state index is 10.6. The molecule has 92 valence electrons. The summed E-state index contributed by atoms with van der Waals surface area (Å²) < 4.78 is 11.0. The molecule has 0 fully saturated rings. The minimum Gasteiger partial charge on any atom is -0.486 e. The van der Waals surface area contributed by atoms with Crippen LogP contribution in [0.4, 0.5) is 0 Å². The Morgan fingerprint density at radius 2 is 1.94 bits per heavy atom. The number of carbonyl (C=O) groups is 1. The lowest BCUT2D eigenvalue weighted by molar-refractivity contribution is 0.112. The van der Waals surface area contributed by atoms with Crippen LogP contribution in [0.15, 0.2) is 39.4 Å². The highest BCUT2D eigenvalue weighted by Gasteiger charge is 2.12. The van der Waals surface area contributed by atoms with Crippen molar-refractivity contribution in [3.8, 4) is 11.5 Å². The normalized spacial score (nSPS) is 13.3. The molecule has 0 saturated carbocycles. The summed E-state index contributed by atoms with van der Waals surface area (Å²) in [6.07, 6.45) is 0.874. The van der Waals surface area contributed by atoms with Crippen molar-refractivity contribution in [2.45, 2.75) is 9.79 Å². The van der Waals surface area contributed by atoms with E-state index in [-0.39, 0.29) is 0 Å². The van der Waals surface area contributed by atoms with E-state index in [1.807, 2.05) is 29.6 Å². The number of hydrogen-bond acceptors (Lipinski definition) is 5. The van der Waals surface area contributed by atoms with E-state index in [9.17, 15) is 4.79 Å². The fourth-order valence-corrected chi connectivity index (χ4v) is 3.42. The van der Waals surface area contributed by atoms with Crippen molar-refractivity contribution in [3.05, 3.63) is 34.5 Å². The largest absolute Gasteiger partial charge is 0.486 e. The lowest BCUT2D eigenvalue weighted by Crippen LogP contribution is -2.15. The molecule has 2 heterocycles. The highest BCUT2D eigenvalue weighted by atomic mass is 32.2. The van der Waals surface area contributed by atoms with Crippen LogP contribution in [0, 0.1) is 0 Å². The number of thiophene rings is 1. The van der Waals surface area contributed by atoms with Crippen LogP contribution in [0.1, 0.15) is 9.67 Å². The summed E-state index contributed by atoms with van der Waals surface area (Å²) in [5.41, 5.74) is 0. The molecule has 2 aromatic rings. The van der Waals surface area contributed by atoms with E-state index < -0.39 is 0 Å². The van der Waals surface area contributed by atoms with Crippen LogP contribution in [0.3, 0.4) is 0 Å².